The van der Waals surface area contributed by atoms with Gasteiger partial charge in [-0.25, -0.2) is 4.79 Å². The van der Waals surface area contributed by atoms with Crippen molar-refractivity contribution in [3.05, 3.63) is 23.8 Å². The standard InChI is InChI=1S/C13H17NO4/c1-17-11-7-2-4-8(13(15)16)12(11)18-10-6-3-5-9(10)14/h2,4,7,9-10H,3,5-6,14H2,1H3,(H,15,16). The Bertz CT molecular complexity index is 447. The Hall–Kier alpha value is -1.75. The van der Waals surface area contributed by atoms with Crippen LogP contribution in [0.5, 0.6) is 11.5 Å². The van der Waals surface area contributed by atoms with Gasteiger partial charge in [-0.3, -0.25) is 0 Å². The summed E-state index contributed by atoms with van der Waals surface area (Å²) in [5, 5.41) is 9.16. The highest BCUT2D eigenvalue weighted by molar-refractivity contribution is 5.92. The molecule has 1 saturated carbocycles. The molecule has 1 aliphatic rings. The minimum Gasteiger partial charge on any atom is -0.493 e. The third-order valence-electron chi connectivity index (χ3n) is 3.20. The zero-order valence-electron chi connectivity index (χ0n) is 10.3. The lowest BCUT2D eigenvalue weighted by Crippen LogP contribution is -2.34. The van der Waals surface area contributed by atoms with E-state index in [1.807, 2.05) is 0 Å². The van der Waals surface area contributed by atoms with E-state index in [1.54, 1.807) is 12.1 Å². The van der Waals surface area contributed by atoms with Crippen LogP contribution in [0.2, 0.25) is 0 Å². The van der Waals surface area contributed by atoms with Crippen LogP contribution in [-0.2, 0) is 0 Å². The van der Waals surface area contributed by atoms with Crippen molar-refractivity contribution < 1.29 is 19.4 Å². The molecule has 2 atom stereocenters. The molecule has 5 nitrogen and oxygen atoms in total. The van der Waals surface area contributed by atoms with Gasteiger partial charge in [0, 0.05) is 6.04 Å². The monoisotopic (exact) mass is 251 g/mol. The van der Waals surface area contributed by atoms with Crippen molar-refractivity contribution in [1.29, 1.82) is 0 Å². The molecule has 2 unspecified atom stereocenters. The van der Waals surface area contributed by atoms with E-state index in [2.05, 4.69) is 0 Å². The lowest BCUT2D eigenvalue weighted by atomic mass is 10.1. The molecule has 1 aromatic rings. The van der Waals surface area contributed by atoms with E-state index >= 15 is 0 Å². The zero-order chi connectivity index (χ0) is 13.1. The first-order valence-corrected chi connectivity index (χ1v) is 5.96. The van der Waals surface area contributed by atoms with E-state index in [0.717, 1.165) is 19.3 Å². The highest BCUT2D eigenvalue weighted by atomic mass is 16.5. The van der Waals surface area contributed by atoms with Crippen molar-refractivity contribution >= 4 is 5.97 Å². The maximum atomic E-state index is 11.2. The van der Waals surface area contributed by atoms with Gasteiger partial charge >= 0.3 is 5.97 Å². The number of ether oxygens (including phenoxy) is 2. The van der Waals surface area contributed by atoms with Crippen LogP contribution in [0.1, 0.15) is 29.6 Å². The summed E-state index contributed by atoms with van der Waals surface area (Å²) in [6.45, 7) is 0. The van der Waals surface area contributed by atoms with Gasteiger partial charge in [0.2, 0.25) is 0 Å². The van der Waals surface area contributed by atoms with Gasteiger partial charge in [-0.05, 0) is 31.4 Å². The summed E-state index contributed by atoms with van der Waals surface area (Å²) in [5.74, 6) is -0.334. The average molecular weight is 251 g/mol. The summed E-state index contributed by atoms with van der Waals surface area (Å²) in [6.07, 6.45) is 2.61. The molecule has 0 bridgehead atoms. The fourth-order valence-electron chi connectivity index (χ4n) is 2.22. The second-order valence-electron chi connectivity index (χ2n) is 4.39. The minimum absolute atomic E-state index is 0.0449. The van der Waals surface area contributed by atoms with Crippen LogP contribution in [0, 0.1) is 0 Å². The number of carbonyl (C=O) groups is 1. The van der Waals surface area contributed by atoms with Gasteiger partial charge in [0.05, 0.1) is 7.11 Å². The summed E-state index contributed by atoms with van der Waals surface area (Å²) in [5.41, 5.74) is 6.04. The SMILES string of the molecule is COc1cccc(C(=O)O)c1OC1CCCC1N. The predicted octanol–water partition coefficient (Wildman–Crippen LogP) is 1.65. The van der Waals surface area contributed by atoms with E-state index in [-0.39, 0.29) is 23.5 Å². The molecule has 0 saturated heterocycles. The third kappa shape index (κ3) is 2.41. The van der Waals surface area contributed by atoms with E-state index in [4.69, 9.17) is 20.3 Å². The first-order valence-electron chi connectivity index (χ1n) is 5.96. The predicted molar refractivity (Wildman–Crippen MR) is 66.2 cm³/mol. The highest BCUT2D eigenvalue weighted by Gasteiger charge is 2.28. The van der Waals surface area contributed by atoms with E-state index in [0.29, 0.717) is 5.75 Å². The number of carboxylic acid groups (broad SMARTS) is 1. The van der Waals surface area contributed by atoms with E-state index < -0.39 is 5.97 Å². The minimum atomic E-state index is -1.03. The fourth-order valence-corrected chi connectivity index (χ4v) is 2.22. The van der Waals surface area contributed by atoms with Crippen molar-refractivity contribution in [3.8, 4) is 11.5 Å². The summed E-state index contributed by atoms with van der Waals surface area (Å²) in [4.78, 5) is 11.2. The molecule has 0 radical (unpaired) electrons. The van der Waals surface area contributed by atoms with Gasteiger partial charge < -0.3 is 20.3 Å². The number of hydrogen-bond acceptors (Lipinski definition) is 4. The van der Waals surface area contributed by atoms with Gasteiger partial charge in [0.25, 0.3) is 0 Å². The lowest BCUT2D eigenvalue weighted by Gasteiger charge is -2.20. The number of aromatic carboxylic acids is 1. The Morgan fingerprint density at radius 3 is 2.78 bits per heavy atom. The second kappa shape index (κ2) is 5.27. The number of hydrogen-bond donors (Lipinski definition) is 2. The van der Waals surface area contributed by atoms with Crippen LogP contribution < -0.4 is 15.2 Å². The molecule has 1 aliphatic carbocycles. The quantitative estimate of drug-likeness (QED) is 0.850. The number of carboxylic acids is 1. The molecule has 0 aliphatic heterocycles. The molecular weight excluding hydrogens is 234 g/mol. The Morgan fingerprint density at radius 1 is 1.44 bits per heavy atom. The normalized spacial score (nSPS) is 22.8. The molecule has 1 fully saturated rings. The van der Waals surface area contributed by atoms with Gasteiger partial charge in [-0.1, -0.05) is 6.07 Å². The summed E-state index contributed by atoms with van der Waals surface area (Å²) >= 11 is 0. The Morgan fingerprint density at radius 2 is 2.22 bits per heavy atom. The maximum absolute atomic E-state index is 11.2. The molecule has 5 heteroatoms. The molecule has 2 rings (SSSR count). The second-order valence-corrected chi connectivity index (χ2v) is 4.39. The maximum Gasteiger partial charge on any atom is 0.339 e. The molecule has 0 amide bonds. The molecule has 98 valence electrons. The number of benzene rings is 1. The van der Waals surface area contributed by atoms with E-state index in [9.17, 15) is 4.79 Å². The number of methoxy groups -OCH3 is 1. The van der Waals surface area contributed by atoms with Gasteiger partial charge in [-0.2, -0.15) is 0 Å². The number of nitrogens with two attached hydrogens (primary N) is 1. The van der Waals surface area contributed by atoms with E-state index in [1.165, 1.54) is 13.2 Å². The van der Waals surface area contributed by atoms with Crippen LogP contribution in [0.25, 0.3) is 0 Å². The number of para-hydroxylation sites is 1. The van der Waals surface area contributed by atoms with Crippen molar-refractivity contribution in [2.24, 2.45) is 5.73 Å². The van der Waals surface area contributed by atoms with Crippen molar-refractivity contribution in [2.75, 3.05) is 7.11 Å². The van der Waals surface area contributed by atoms with Crippen LogP contribution in [-0.4, -0.2) is 30.3 Å². The highest BCUT2D eigenvalue weighted by Crippen LogP contribution is 2.34. The molecule has 0 aromatic heterocycles. The molecule has 0 spiro atoms. The van der Waals surface area contributed by atoms with Gasteiger partial charge in [-0.15, -0.1) is 0 Å². The Balaban J connectivity index is 2.31. The molecular formula is C13H17NO4. The zero-order valence-corrected chi connectivity index (χ0v) is 10.3. The topological polar surface area (TPSA) is 81.8 Å². The van der Waals surface area contributed by atoms with Gasteiger partial charge in [0.15, 0.2) is 11.5 Å². The van der Waals surface area contributed by atoms with Crippen LogP contribution in [0.15, 0.2) is 18.2 Å². The number of rotatable bonds is 4. The third-order valence-corrected chi connectivity index (χ3v) is 3.20. The van der Waals surface area contributed by atoms with Crippen LogP contribution in [0.3, 0.4) is 0 Å². The molecule has 3 N–H and O–H groups in total. The van der Waals surface area contributed by atoms with Crippen molar-refractivity contribution in [3.63, 3.8) is 0 Å². The molecule has 1 aromatic carbocycles. The molecule has 18 heavy (non-hydrogen) atoms. The van der Waals surface area contributed by atoms with Crippen LogP contribution in [0.4, 0.5) is 0 Å². The summed E-state index contributed by atoms with van der Waals surface area (Å²) < 4.78 is 10.9. The fraction of sp³-hybridized carbons (Fsp3) is 0.462. The van der Waals surface area contributed by atoms with Gasteiger partial charge in [0.1, 0.15) is 11.7 Å². The molecule has 0 heterocycles. The van der Waals surface area contributed by atoms with Crippen molar-refractivity contribution in [1.82, 2.24) is 0 Å². The Labute approximate surface area is 106 Å². The summed E-state index contributed by atoms with van der Waals surface area (Å²) in [7, 11) is 1.49. The lowest BCUT2D eigenvalue weighted by molar-refractivity contribution is 0.0687. The first-order chi connectivity index (χ1) is 8.63. The average Bonchev–Trinajstić information content (AvgIpc) is 2.75. The van der Waals surface area contributed by atoms with Crippen molar-refractivity contribution in [2.45, 2.75) is 31.4 Å². The smallest absolute Gasteiger partial charge is 0.339 e. The first kappa shape index (κ1) is 12.7. The summed E-state index contributed by atoms with van der Waals surface area (Å²) in [6, 6.07) is 4.77. The Kier molecular flexibility index (Phi) is 3.72. The largest absolute Gasteiger partial charge is 0.493 e. The van der Waals surface area contributed by atoms with Crippen LogP contribution >= 0.6 is 0 Å².